The Morgan fingerprint density at radius 3 is 0.667 bits per heavy atom. The smallest absolute Gasteiger partial charge is 2.00 e. The molecule has 0 aliphatic rings. The Balaban J connectivity index is 0. The van der Waals surface area contributed by atoms with E-state index >= 15 is 0 Å². The summed E-state index contributed by atoms with van der Waals surface area (Å²) < 4.78 is 0. The number of rotatable bonds is 0. The summed E-state index contributed by atoms with van der Waals surface area (Å²) >= 11 is 0. The minimum Gasteiger partial charge on any atom is -2.00 e. The maximum Gasteiger partial charge on any atom is 4.00 e. The van der Waals surface area contributed by atoms with Gasteiger partial charge in [0.15, 0.2) is 0 Å². The molecular formula is H4O3SiSnZn. The standard InChI is InChI=1S/3O.H4Si.Sn.Zn/h;;;1H4;;/q3*-2;;+4;+2. The molecule has 0 spiro atoms. The molecular weight excluding hydrogens is 260 g/mol. The summed E-state index contributed by atoms with van der Waals surface area (Å²) in [6, 6.07) is 0. The van der Waals surface area contributed by atoms with Crippen LogP contribution in [0.4, 0.5) is 0 Å². The fraction of sp³-hybridized carbons (Fsp3) is 0. The van der Waals surface area contributed by atoms with Crippen LogP contribution in [0.2, 0.25) is 0 Å². The average Bonchev–Trinajstić information content (AvgIpc) is 0. The maximum absolute atomic E-state index is 0. The van der Waals surface area contributed by atoms with Gasteiger partial charge >= 0.3 is 43.4 Å². The normalized spacial score (nSPS) is 0. The van der Waals surface area contributed by atoms with Gasteiger partial charge in [0, 0.05) is 0 Å². The first kappa shape index (κ1) is 138. The first-order valence-corrected chi connectivity index (χ1v) is 0. The second kappa shape index (κ2) is 86.1. The summed E-state index contributed by atoms with van der Waals surface area (Å²) in [4.78, 5) is 0. The summed E-state index contributed by atoms with van der Waals surface area (Å²) in [5, 5.41) is 0. The Bertz CT molecular complexity index is 10.8. The van der Waals surface area contributed by atoms with Crippen molar-refractivity contribution >= 4 is 34.9 Å². The van der Waals surface area contributed by atoms with Gasteiger partial charge in [-0.1, -0.05) is 0 Å². The van der Waals surface area contributed by atoms with E-state index in [1.165, 1.54) is 0 Å². The summed E-state index contributed by atoms with van der Waals surface area (Å²) in [5.41, 5.74) is 0. The predicted molar refractivity (Wildman–Crippen MR) is 19.1 cm³/mol. The van der Waals surface area contributed by atoms with Gasteiger partial charge in [-0.15, -0.1) is 0 Å². The van der Waals surface area contributed by atoms with Crippen molar-refractivity contribution in [1.82, 2.24) is 0 Å². The first-order valence-electron chi connectivity index (χ1n) is 0. The van der Waals surface area contributed by atoms with E-state index in [1.807, 2.05) is 0 Å². The van der Waals surface area contributed by atoms with Crippen LogP contribution in [-0.2, 0) is 35.9 Å². The van der Waals surface area contributed by atoms with Crippen molar-refractivity contribution in [2.24, 2.45) is 0 Å². The molecule has 0 aromatic rings. The molecule has 0 bridgehead atoms. The predicted octanol–water partition coefficient (Wildman–Crippen LogP) is -2.19. The van der Waals surface area contributed by atoms with Gasteiger partial charge in [0.2, 0.25) is 0 Å². The van der Waals surface area contributed by atoms with Crippen LogP contribution in [0.5, 0.6) is 0 Å². The van der Waals surface area contributed by atoms with Crippen LogP contribution in [0.15, 0.2) is 0 Å². The van der Waals surface area contributed by atoms with E-state index < -0.39 is 0 Å². The van der Waals surface area contributed by atoms with E-state index in [0.29, 0.717) is 0 Å². The van der Waals surface area contributed by atoms with E-state index in [1.54, 1.807) is 0 Å². The zero-order valence-electron chi connectivity index (χ0n) is 2.43. The van der Waals surface area contributed by atoms with Crippen molar-refractivity contribution in [2.45, 2.75) is 0 Å². The van der Waals surface area contributed by atoms with Crippen LogP contribution in [0.3, 0.4) is 0 Å². The number of hydrogen-bond donors (Lipinski definition) is 0. The van der Waals surface area contributed by atoms with Gasteiger partial charge in [0.05, 0.1) is 0 Å². The van der Waals surface area contributed by atoms with Crippen LogP contribution in [-0.4, -0.2) is 34.9 Å². The molecule has 6 heteroatoms. The van der Waals surface area contributed by atoms with E-state index in [-0.39, 0.29) is 70.8 Å². The quantitative estimate of drug-likeness (QED) is 0.445. The second-order valence-corrected chi connectivity index (χ2v) is 0. The third-order valence-corrected chi connectivity index (χ3v) is 0. The van der Waals surface area contributed by atoms with Crippen LogP contribution < -0.4 is 0 Å². The van der Waals surface area contributed by atoms with Crippen molar-refractivity contribution in [1.29, 1.82) is 0 Å². The minimum absolute atomic E-state index is 0. The molecule has 0 aromatic heterocycles. The second-order valence-electron chi connectivity index (χ2n) is 0. The Morgan fingerprint density at radius 2 is 0.667 bits per heavy atom. The molecule has 0 rings (SSSR count). The molecule has 3 nitrogen and oxygen atoms in total. The summed E-state index contributed by atoms with van der Waals surface area (Å²) in [5.74, 6) is 0. The van der Waals surface area contributed by atoms with Gasteiger partial charge in [-0.05, 0) is 11.0 Å². The van der Waals surface area contributed by atoms with Crippen molar-refractivity contribution in [3.8, 4) is 0 Å². The van der Waals surface area contributed by atoms with Crippen molar-refractivity contribution in [2.75, 3.05) is 0 Å². The largest absolute Gasteiger partial charge is 4.00 e. The van der Waals surface area contributed by atoms with Gasteiger partial charge in [-0.25, -0.2) is 0 Å². The monoisotopic (exact) mass is 264 g/mol. The molecule has 0 aliphatic carbocycles. The summed E-state index contributed by atoms with van der Waals surface area (Å²) in [6.45, 7) is 0. The van der Waals surface area contributed by atoms with Crippen LogP contribution >= 0.6 is 0 Å². The molecule has 0 aliphatic heterocycles. The zero-order chi connectivity index (χ0) is 0. The van der Waals surface area contributed by atoms with Gasteiger partial charge in [-0.2, -0.15) is 0 Å². The summed E-state index contributed by atoms with van der Waals surface area (Å²) in [6.07, 6.45) is 0. The van der Waals surface area contributed by atoms with Crippen molar-refractivity contribution in [3.63, 3.8) is 0 Å². The van der Waals surface area contributed by atoms with Crippen LogP contribution in [0.1, 0.15) is 0 Å². The Labute approximate surface area is 70.5 Å². The summed E-state index contributed by atoms with van der Waals surface area (Å²) in [7, 11) is 0. The molecule has 0 amide bonds. The van der Waals surface area contributed by atoms with Gasteiger partial charge in [0.1, 0.15) is 0 Å². The van der Waals surface area contributed by atoms with Crippen molar-refractivity contribution < 1.29 is 35.9 Å². The topological polar surface area (TPSA) is 85.5 Å². The fourth-order valence-electron chi connectivity index (χ4n) is 0. The molecule has 0 atom stereocenters. The molecule has 0 N–H and O–H groups in total. The number of hydrogen-bond acceptors (Lipinski definition) is 0. The van der Waals surface area contributed by atoms with Gasteiger partial charge in [0.25, 0.3) is 0 Å². The fourth-order valence-corrected chi connectivity index (χ4v) is 0. The third-order valence-electron chi connectivity index (χ3n) is 0. The Hall–Kier alpha value is 1.52. The Morgan fingerprint density at radius 1 is 0.667 bits per heavy atom. The van der Waals surface area contributed by atoms with E-state index in [2.05, 4.69) is 0 Å². The molecule has 6 heavy (non-hydrogen) atoms. The minimum atomic E-state index is 0. The molecule has 0 heterocycles. The molecule has 0 radical (unpaired) electrons. The maximum atomic E-state index is 0. The van der Waals surface area contributed by atoms with Gasteiger partial charge < -0.3 is 16.4 Å². The molecule has 0 saturated heterocycles. The first-order chi connectivity index (χ1) is 0. The molecule has 32 valence electrons. The molecule has 0 aromatic carbocycles. The Kier molecular flexibility index (Phi) is 1990. The third kappa shape index (κ3) is 48.8. The van der Waals surface area contributed by atoms with Gasteiger partial charge in [-0.3, -0.25) is 0 Å². The average molecular weight is 264 g/mol. The van der Waals surface area contributed by atoms with Crippen LogP contribution in [0, 0.1) is 0 Å². The SMILES string of the molecule is [O-2].[O-2].[O-2].[SiH4].[Sn+4].[Zn+2]. The molecule has 0 saturated carbocycles. The molecule has 0 fully saturated rings. The van der Waals surface area contributed by atoms with E-state index in [4.69, 9.17) is 0 Å². The van der Waals surface area contributed by atoms with E-state index in [9.17, 15) is 0 Å². The zero-order valence-corrected chi connectivity index (χ0v) is 8.25. The van der Waals surface area contributed by atoms with Crippen molar-refractivity contribution in [3.05, 3.63) is 0 Å². The van der Waals surface area contributed by atoms with Crippen LogP contribution in [0.25, 0.3) is 0 Å². The molecule has 0 unspecified atom stereocenters. The van der Waals surface area contributed by atoms with E-state index in [0.717, 1.165) is 0 Å².